The van der Waals surface area contributed by atoms with Gasteiger partial charge in [-0.2, -0.15) is 4.31 Å². The monoisotopic (exact) mass is 380 g/mol. The van der Waals surface area contributed by atoms with Gasteiger partial charge in [0.2, 0.25) is 10.0 Å². The Labute approximate surface area is 148 Å². The average molecular weight is 381 g/mol. The number of ketones is 1. The zero-order valence-electron chi connectivity index (χ0n) is 13.2. The highest BCUT2D eigenvalue weighted by molar-refractivity contribution is 7.89. The van der Waals surface area contributed by atoms with Crippen LogP contribution in [-0.4, -0.2) is 47.5 Å². The summed E-state index contributed by atoms with van der Waals surface area (Å²) in [6.07, 6.45) is 2.51. The van der Waals surface area contributed by atoms with Crippen LogP contribution >= 0.6 is 11.6 Å². The average Bonchev–Trinajstić information content (AvgIpc) is 2.53. The molecule has 0 spiro atoms. The minimum Gasteiger partial charge on any atom is -0.308 e. The van der Waals surface area contributed by atoms with E-state index in [0.29, 0.717) is 5.56 Å². The van der Waals surface area contributed by atoms with Crippen LogP contribution in [0.1, 0.15) is 15.9 Å². The molecule has 0 fully saturated rings. The molecule has 25 heavy (non-hydrogen) atoms. The molecule has 0 saturated carbocycles. The number of benzene rings is 1. The number of anilines is 1. The first-order valence-electron chi connectivity index (χ1n) is 7.13. The van der Waals surface area contributed by atoms with Crippen molar-refractivity contribution in [3.8, 4) is 0 Å². The van der Waals surface area contributed by atoms with Gasteiger partial charge in [-0.05, 0) is 24.6 Å². The topological polar surface area (TPSA) is 109 Å². The summed E-state index contributed by atoms with van der Waals surface area (Å²) in [5.41, 5.74) is 0.682. The number of carbonyl (C=O) groups is 2. The van der Waals surface area contributed by atoms with Gasteiger partial charge in [0.15, 0.2) is 17.6 Å². The van der Waals surface area contributed by atoms with Gasteiger partial charge < -0.3 is 5.32 Å². The first-order chi connectivity index (χ1) is 11.7. The van der Waals surface area contributed by atoms with Crippen molar-refractivity contribution in [2.45, 2.75) is 17.9 Å². The minimum atomic E-state index is -3.98. The molecule has 0 radical (unpaired) electrons. The summed E-state index contributed by atoms with van der Waals surface area (Å²) in [7, 11) is -2.79. The third kappa shape index (κ3) is 3.01. The van der Waals surface area contributed by atoms with E-state index < -0.39 is 27.8 Å². The molecule has 1 aromatic heterocycles. The Morgan fingerprint density at radius 3 is 2.72 bits per heavy atom. The Bertz CT molecular complexity index is 993. The first-order valence-corrected chi connectivity index (χ1v) is 8.95. The quantitative estimate of drug-likeness (QED) is 0.785. The lowest BCUT2D eigenvalue weighted by Crippen LogP contribution is -2.53. The van der Waals surface area contributed by atoms with Gasteiger partial charge in [0, 0.05) is 12.6 Å². The second-order valence-electron chi connectivity index (χ2n) is 5.50. The first kappa shape index (κ1) is 17.5. The highest BCUT2D eigenvalue weighted by Gasteiger charge is 2.45. The number of aromatic nitrogens is 2. The molecule has 1 amide bonds. The molecule has 0 aliphatic carbocycles. The summed E-state index contributed by atoms with van der Waals surface area (Å²) in [6.45, 7) is 1.72. The Hall–Kier alpha value is -2.36. The number of halogens is 1. The highest BCUT2D eigenvalue weighted by Crippen LogP contribution is 2.30. The second kappa shape index (κ2) is 6.17. The predicted octanol–water partition coefficient (Wildman–Crippen LogP) is 1.26. The lowest BCUT2D eigenvalue weighted by Gasteiger charge is -2.31. The molecule has 1 atom stereocenters. The lowest BCUT2D eigenvalue weighted by atomic mass is 10.0. The number of sulfonamides is 1. The Kier molecular flexibility index (Phi) is 4.31. The van der Waals surface area contributed by atoms with E-state index in [1.54, 1.807) is 13.0 Å². The normalized spacial score (nSPS) is 19.3. The summed E-state index contributed by atoms with van der Waals surface area (Å²) in [6, 6.07) is 2.91. The van der Waals surface area contributed by atoms with Crippen LogP contribution in [0.5, 0.6) is 0 Å². The lowest BCUT2D eigenvalue weighted by molar-refractivity contribution is -0.118. The Balaban J connectivity index is 2.01. The second-order valence-corrected chi connectivity index (χ2v) is 7.86. The number of carbonyl (C=O) groups excluding carboxylic acids is 2. The molecule has 130 valence electrons. The number of hydrogen-bond acceptors (Lipinski definition) is 6. The summed E-state index contributed by atoms with van der Waals surface area (Å²) in [5.74, 6) is -1.43. The van der Waals surface area contributed by atoms with Crippen molar-refractivity contribution in [2.24, 2.45) is 0 Å². The molecule has 1 N–H and O–H groups in total. The van der Waals surface area contributed by atoms with Crippen LogP contribution in [0.15, 0.2) is 35.5 Å². The number of likely N-dealkylation sites (N-methyl/N-ethyl adjacent to an activating group) is 1. The molecule has 10 heteroatoms. The van der Waals surface area contributed by atoms with Gasteiger partial charge in [-0.1, -0.05) is 17.7 Å². The van der Waals surface area contributed by atoms with Gasteiger partial charge in [0.1, 0.15) is 5.15 Å². The summed E-state index contributed by atoms with van der Waals surface area (Å²) in [4.78, 5) is 32.7. The van der Waals surface area contributed by atoms with Crippen LogP contribution in [0, 0.1) is 6.92 Å². The molecule has 1 aliphatic heterocycles. The number of rotatable bonds is 2. The number of nitrogens with zero attached hydrogens (tertiary/aromatic N) is 3. The van der Waals surface area contributed by atoms with Crippen molar-refractivity contribution in [3.05, 3.63) is 46.9 Å². The molecular weight excluding hydrogens is 368 g/mol. The van der Waals surface area contributed by atoms with Crippen molar-refractivity contribution in [1.82, 2.24) is 14.3 Å². The van der Waals surface area contributed by atoms with Crippen molar-refractivity contribution < 1.29 is 18.0 Å². The third-order valence-electron chi connectivity index (χ3n) is 3.78. The van der Waals surface area contributed by atoms with Crippen LogP contribution in [0.3, 0.4) is 0 Å². The van der Waals surface area contributed by atoms with E-state index in [9.17, 15) is 18.0 Å². The van der Waals surface area contributed by atoms with Crippen molar-refractivity contribution in [2.75, 3.05) is 12.4 Å². The van der Waals surface area contributed by atoms with Crippen LogP contribution in [-0.2, 0) is 14.8 Å². The van der Waals surface area contributed by atoms with Gasteiger partial charge in [-0.15, -0.1) is 0 Å². The number of aryl methyl sites for hydroxylation is 1. The largest absolute Gasteiger partial charge is 0.308 e. The molecule has 8 nitrogen and oxygen atoms in total. The van der Waals surface area contributed by atoms with Crippen molar-refractivity contribution in [3.63, 3.8) is 0 Å². The fourth-order valence-electron chi connectivity index (χ4n) is 2.53. The van der Waals surface area contributed by atoms with Gasteiger partial charge in [0.25, 0.3) is 5.91 Å². The summed E-state index contributed by atoms with van der Waals surface area (Å²) < 4.78 is 26.1. The molecule has 1 unspecified atom stereocenters. The molecule has 3 rings (SSSR count). The Morgan fingerprint density at radius 1 is 1.32 bits per heavy atom. The van der Waals surface area contributed by atoms with Crippen molar-refractivity contribution in [1.29, 1.82) is 0 Å². The highest BCUT2D eigenvalue weighted by atomic mass is 35.5. The smallest absolute Gasteiger partial charge is 0.252 e. The molecule has 1 aliphatic rings. The summed E-state index contributed by atoms with van der Waals surface area (Å²) in [5, 5.41) is 2.42. The molecular formula is C15H13ClN4O4S. The van der Waals surface area contributed by atoms with Crippen LogP contribution in [0.2, 0.25) is 5.15 Å². The fraction of sp³-hybridized carbons (Fsp3) is 0.200. The van der Waals surface area contributed by atoms with Gasteiger partial charge >= 0.3 is 0 Å². The number of Topliss-reactive ketones (excluding diaryl/α,β-unsaturated/α-hetero) is 1. The van der Waals surface area contributed by atoms with Gasteiger partial charge in [0.05, 0.1) is 17.3 Å². The standard InChI is InChI=1S/C15H13ClN4O4S/c1-8-3-4-9-10(5-8)25(23,24)20(2)13(14(9)21)15(22)19-12-7-17-6-11(16)18-12/h3-7,13H,1-2H3,(H,18,19,22). The molecule has 0 bridgehead atoms. The molecule has 0 saturated heterocycles. The SMILES string of the molecule is Cc1ccc2c(c1)S(=O)(=O)N(C)C(C(=O)Nc1cncc(Cl)n1)C2=O. The molecule has 2 heterocycles. The van der Waals surface area contributed by atoms with Crippen LogP contribution in [0.4, 0.5) is 5.82 Å². The van der Waals surface area contributed by atoms with E-state index in [2.05, 4.69) is 15.3 Å². The van der Waals surface area contributed by atoms with E-state index in [4.69, 9.17) is 11.6 Å². The molecule has 2 aromatic rings. The van der Waals surface area contributed by atoms with E-state index >= 15 is 0 Å². The minimum absolute atomic E-state index is 0.0129. The third-order valence-corrected chi connectivity index (χ3v) is 5.82. The van der Waals surface area contributed by atoms with Crippen LogP contribution in [0.25, 0.3) is 0 Å². The van der Waals surface area contributed by atoms with E-state index in [0.717, 1.165) is 4.31 Å². The van der Waals surface area contributed by atoms with E-state index in [1.807, 2.05) is 0 Å². The van der Waals surface area contributed by atoms with Crippen LogP contribution < -0.4 is 5.32 Å². The maximum atomic E-state index is 12.7. The maximum Gasteiger partial charge on any atom is 0.252 e. The van der Waals surface area contributed by atoms with Crippen molar-refractivity contribution >= 4 is 39.1 Å². The van der Waals surface area contributed by atoms with Gasteiger partial charge in [-0.25, -0.2) is 13.4 Å². The zero-order valence-corrected chi connectivity index (χ0v) is 14.8. The fourth-order valence-corrected chi connectivity index (χ4v) is 4.24. The van der Waals surface area contributed by atoms with E-state index in [1.165, 1.54) is 31.6 Å². The number of hydrogen-bond donors (Lipinski definition) is 1. The maximum absolute atomic E-state index is 12.7. The zero-order chi connectivity index (χ0) is 18.4. The number of fused-ring (bicyclic) bond motifs is 1. The van der Waals surface area contributed by atoms with E-state index in [-0.39, 0.29) is 21.4 Å². The summed E-state index contributed by atoms with van der Waals surface area (Å²) >= 11 is 5.70. The number of nitrogens with one attached hydrogen (secondary N) is 1. The van der Waals surface area contributed by atoms with Gasteiger partial charge in [-0.3, -0.25) is 14.6 Å². The molecule has 1 aromatic carbocycles. The predicted molar refractivity (Wildman–Crippen MR) is 89.9 cm³/mol. The Morgan fingerprint density at radius 2 is 2.04 bits per heavy atom. The number of amides is 1.